The minimum atomic E-state index is -0.184. The fraction of sp³-hybridized carbons (Fsp3) is 0.812. The van der Waals surface area contributed by atoms with Crippen LogP contribution in [-0.2, 0) is 11.2 Å². The average molecular weight is 279 g/mol. The summed E-state index contributed by atoms with van der Waals surface area (Å²) in [4.78, 5) is 0. The summed E-state index contributed by atoms with van der Waals surface area (Å²) in [6.07, 6.45) is 8.54. The molecule has 2 atom stereocenters. The summed E-state index contributed by atoms with van der Waals surface area (Å²) in [5.74, 6) is 0. The van der Waals surface area contributed by atoms with Crippen LogP contribution in [0.15, 0.2) is 12.3 Å². The molecule has 0 amide bonds. The first-order valence-corrected chi connectivity index (χ1v) is 8.02. The Hall–Kier alpha value is -0.870. The highest BCUT2D eigenvalue weighted by Crippen LogP contribution is 2.28. The third kappa shape index (κ3) is 3.41. The highest BCUT2D eigenvalue weighted by molar-refractivity contribution is 5.05. The number of aromatic nitrogens is 2. The van der Waals surface area contributed by atoms with Crippen molar-refractivity contribution in [2.75, 3.05) is 6.61 Å². The van der Waals surface area contributed by atoms with Gasteiger partial charge in [0.2, 0.25) is 0 Å². The standard InChI is InChI=1S/C16H29N3O/c1-4-14(5-2)19-10-8-13(18-19)12-15(17)16(3)9-6-7-11-20-16/h8,10,14-15H,4-7,9,11-12,17H2,1-3H3. The van der Waals surface area contributed by atoms with Crippen LogP contribution in [0.1, 0.15) is 64.6 Å². The van der Waals surface area contributed by atoms with Crippen LogP contribution < -0.4 is 5.73 Å². The van der Waals surface area contributed by atoms with Crippen LogP contribution >= 0.6 is 0 Å². The summed E-state index contributed by atoms with van der Waals surface area (Å²) in [5, 5.41) is 4.70. The number of ether oxygens (including phenoxy) is 1. The van der Waals surface area contributed by atoms with Crippen molar-refractivity contribution in [3.63, 3.8) is 0 Å². The molecule has 4 heteroatoms. The predicted molar refractivity (Wildman–Crippen MR) is 81.7 cm³/mol. The lowest BCUT2D eigenvalue weighted by molar-refractivity contribution is -0.0810. The third-order valence-electron chi connectivity index (χ3n) is 4.69. The van der Waals surface area contributed by atoms with Gasteiger partial charge in [-0.1, -0.05) is 13.8 Å². The van der Waals surface area contributed by atoms with E-state index in [2.05, 4.69) is 37.7 Å². The molecular weight excluding hydrogens is 250 g/mol. The normalized spacial score (nSPS) is 25.1. The zero-order chi connectivity index (χ0) is 14.6. The van der Waals surface area contributed by atoms with Gasteiger partial charge in [0.25, 0.3) is 0 Å². The minimum Gasteiger partial charge on any atom is -0.374 e. The SMILES string of the molecule is CCC(CC)n1ccc(CC(N)C2(C)CCCCO2)n1. The second-order valence-electron chi connectivity index (χ2n) is 6.19. The van der Waals surface area contributed by atoms with E-state index in [1.807, 2.05) is 0 Å². The molecule has 2 heterocycles. The van der Waals surface area contributed by atoms with Crippen LogP contribution in [0.25, 0.3) is 0 Å². The maximum absolute atomic E-state index is 6.39. The summed E-state index contributed by atoms with van der Waals surface area (Å²) in [6.45, 7) is 7.40. The molecule has 0 radical (unpaired) electrons. The Kier molecular flexibility index (Phi) is 5.22. The molecule has 0 aromatic carbocycles. The summed E-state index contributed by atoms with van der Waals surface area (Å²) < 4.78 is 8.03. The van der Waals surface area contributed by atoms with E-state index in [1.165, 1.54) is 6.42 Å². The highest BCUT2D eigenvalue weighted by atomic mass is 16.5. The predicted octanol–water partition coefficient (Wildman–Crippen LogP) is 3.07. The summed E-state index contributed by atoms with van der Waals surface area (Å²) in [7, 11) is 0. The molecule has 0 bridgehead atoms. The van der Waals surface area contributed by atoms with Gasteiger partial charge in [-0.25, -0.2) is 0 Å². The van der Waals surface area contributed by atoms with Crippen molar-refractivity contribution in [2.45, 2.75) is 77.0 Å². The summed E-state index contributed by atoms with van der Waals surface area (Å²) >= 11 is 0. The Morgan fingerprint density at radius 2 is 2.15 bits per heavy atom. The van der Waals surface area contributed by atoms with Gasteiger partial charge in [-0.15, -0.1) is 0 Å². The van der Waals surface area contributed by atoms with E-state index >= 15 is 0 Å². The Labute approximate surface area is 122 Å². The van der Waals surface area contributed by atoms with Gasteiger partial charge in [-0.05, 0) is 45.1 Å². The topological polar surface area (TPSA) is 53.1 Å². The first-order valence-electron chi connectivity index (χ1n) is 8.02. The maximum Gasteiger partial charge on any atom is 0.0808 e. The first kappa shape index (κ1) is 15.5. The van der Waals surface area contributed by atoms with Crippen LogP contribution in [0.2, 0.25) is 0 Å². The van der Waals surface area contributed by atoms with Gasteiger partial charge >= 0.3 is 0 Å². The molecule has 0 aliphatic carbocycles. The molecule has 0 spiro atoms. The molecule has 20 heavy (non-hydrogen) atoms. The average Bonchev–Trinajstić information content (AvgIpc) is 2.89. The van der Waals surface area contributed by atoms with Gasteiger partial charge in [-0.3, -0.25) is 4.68 Å². The molecule has 1 fully saturated rings. The first-order chi connectivity index (χ1) is 9.59. The van der Waals surface area contributed by atoms with Gasteiger partial charge in [-0.2, -0.15) is 5.10 Å². The van der Waals surface area contributed by atoms with Crippen LogP contribution in [0, 0.1) is 0 Å². The van der Waals surface area contributed by atoms with E-state index < -0.39 is 0 Å². The molecule has 2 rings (SSSR count). The third-order valence-corrected chi connectivity index (χ3v) is 4.69. The number of rotatable bonds is 6. The second-order valence-corrected chi connectivity index (χ2v) is 6.19. The van der Waals surface area contributed by atoms with E-state index in [1.54, 1.807) is 0 Å². The van der Waals surface area contributed by atoms with Gasteiger partial charge in [0, 0.05) is 25.3 Å². The quantitative estimate of drug-likeness (QED) is 0.870. The molecule has 1 saturated heterocycles. The molecule has 2 unspecified atom stereocenters. The number of hydrogen-bond acceptors (Lipinski definition) is 3. The van der Waals surface area contributed by atoms with E-state index in [9.17, 15) is 0 Å². The number of hydrogen-bond donors (Lipinski definition) is 1. The lowest BCUT2D eigenvalue weighted by atomic mass is 9.86. The maximum atomic E-state index is 6.39. The van der Waals surface area contributed by atoms with Crippen LogP contribution in [0.3, 0.4) is 0 Å². The molecule has 2 N–H and O–H groups in total. The molecule has 1 aliphatic rings. The van der Waals surface area contributed by atoms with Crippen molar-refractivity contribution >= 4 is 0 Å². The fourth-order valence-electron chi connectivity index (χ4n) is 3.04. The largest absolute Gasteiger partial charge is 0.374 e. The van der Waals surface area contributed by atoms with E-state index in [0.29, 0.717) is 6.04 Å². The molecular formula is C16H29N3O. The zero-order valence-corrected chi connectivity index (χ0v) is 13.1. The second kappa shape index (κ2) is 6.72. The van der Waals surface area contributed by atoms with Gasteiger partial charge in [0.1, 0.15) is 0 Å². The molecule has 0 saturated carbocycles. The molecule has 114 valence electrons. The molecule has 1 aromatic rings. The Morgan fingerprint density at radius 3 is 2.75 bits per heavy atom. The highest BCUT2D eigenvalue weighted by Gasteiger charge is 2.34. The van der Waals surface area contributed by atoms with Crippen LogP contribution in [0.5, 0.6) is 0 Å². The fourth-order valence-corrected chi connectivity index (χ4v) is 3.04. The van der Waals surface area contributed by atoms with Crippen molar-refractivity contribution in [1.82, 2.24) is 9.78 Å². The Balaban J connectivity index is 1.99. The number of nitrogens with zero attached hydrogens (tertiary/aromatic N) is 2. The van der Waals surface area contributed by atoms with Crippen molar-refractivity contribution in [3.8, 4) is 0 Å². The number of nitrogens with two attached hydrogens (primary N) is 1. The smallest absolute Gasteiger partial charge is 0.0808 e. The lowest BCUT2D eigenvalue weighted by Crippen LogP contribution is -2.50. The Bertz CT molecular complexity index is 406. The molecule has 1 aromatic heterocycles. The van der Waals surface area contributed by atoms with Crippen LogP contribution in [0.4, 0.5) is 0 Å². The van der Waals surface area contributed by atoms with Crippen molar-refractivity contribution in [3.05, 3.63) is 18.0 Å². The van der Waals surface area contributed by atoms with Crippen LogP contribution in [-0.4, -0.2) is 28.0 Å². The van der Waals surface area contributed by atoms with Crippen molar-refractivity contribution in [2.24, 2.45) is 5.73 Å². The van der Waals surface area contributed by atoms with E-state index in [4.69, 9.17) is 15.6 Å². The van der Waals surface area contributed by atoms with Crippen molar-refractivity contribution < 1.29 is 4.74 Å². The summed E-state index contributed by atoms with van der Waals surface area (Å²) in [6, 6.07) is 2.62. The van der Waals surface area contributed by atoms with E-state index in [-0.39, 0.29) is 11.6 Å². The van der Waals surface area contributed by atoms with Crippen molar-refractivity contribution in [1.29, 1.82) is 0 Å². The monoisotopic (exact) mass is 279 g/mol. The van der Waals surface area contributed by atoms with E-state index in [0.717, 1.165) is 44.4 Å². The van der Waals surface area contributed by atoms with Gasteiger partial charge in [0.15, 0.2) is 0 Å². The van der Waals surface area contributed by atoms with Gasteiger partial charge < -0.3 is 10.5 Å². The lowest BCUT2D eigenvalue weighted by Gasteiger charge is -2.38. The Morgan fingerprint density at radius 1 is 1.40 bits per heavy atom. The molecule has 4 nitrogen and oxygen atoms in total. The summed E-state index contributed by atoms with van der Waals surface area (Å²) in [5.41, 5.74) is 7.29. The molecule has 1 aliphatic heterocycles. The zero-order valence-electron chi connectivity index (χ0n) is 13.1. The van der Waals surface area contributed by atoms with Gasteiger partial charge in [0.05, 0.1) is 17.3 Å². The minimum absolute atomic E-state index is 0.0212.